The molecule has 2 aliphatic carbocycles. The van der Waals surface area contributed by atoms with Crippen molar-refractivity contribution in [1.82, 2.24) is 9.55 Å². The second kappa shape index (κ2) is 7.41. The van der Waals surface area contributed by atoms with Crippen LogP contribution in [-0.4, -0.2) is 15.2 Å². The Kier molecular flexibility index (Phi) is 4.66. The summed E-state index contributed by atoms with van der Waals surface area (Å²) in [4.78, 5) is 4.18. The van der Waals surface area contributed by atoms with E-state index in [1.807, 2.05) is 24.3 Å². The number of alkyl halides is 1. The van der Waals surface area contributed by atoms with Crippen LogP contribution in [0.25, 0.3) is 16.5 Å². The van der Waals surface area contributed by atoms with Crippen LogP contribution in [0.4, 0.5) is 10.1 Å². The average molecular weight is 429 g/mol. The van der Waals surface area contributed by atoms with Gasteiger partial charge < -0.3 is 20.8 Å². The summed E-state index contributed by atoms with van der Waals surface area (Å²) in [6.07, 6.45) is 8.50. The summed E-state index contributed by atoms with van der Waals surface area (Å²) >= 11 is 0. The molecule has 7 heteroatoms. The molecule has 1 saturated carbocycles. The molecule has 6 nitrogen and oxygen atoms in total. The fourth-order valence-electron chi connectivity index (χ4n) is 4.45. The fraction of sp³-hybridized carbons (Fsp3) is 0.280. The summed E-state index contributed by atoms with van der Waals surface area (Å²) in [5.41, 5.74) is 14.7. The van der Waals surface area contributed by atoms with E-state index in [0.717, 1.165) is 41.4 Å². The third-order valence-electron chi connectivity index (χ3n) is 6.45. The van der Waals surface area contributed by atoms with E-state index in [2.05, 4.69) is 15.6 Å². The van der Waals surface area contributed by atoms with E-state index in [1.54, 1.807) is 24.4 Å². The van der Waals surface area contributed by atoms with Gasteiger partial charge in [-0.2, -0.15) is 5.26 Å². The van der Waals surface area contributed by atoms with Gasteiger partial charge in [0.2, 0.25) is 5.88 Å². The third kappa shape index (κ3) is 3.19. The number of ether oxygens (including phenoxy) is 1. The van der Waals surface area contributed by atoms with E-state index >= 15 is 4.39 Å². The lowest BCUT2D eigenvalue weighted by Gasteiger charge is -2.32. The molecule has 162 valence electrons. The third-order valence-corrected chi connectivity index (χ3v) is 6.45. The molecule has 3 aromatic rings. The average Bonchev–Trinajstić information content (AvgIpc) is 3.01. The number of nitrogen functional groups attached to an aromatic ring is 1. The Morgan fingerprint density at radius 3 is 2.75 bits per heavy atom. The Hall–Kier alpha value is -3.79. The van der Waals surface area contributed by atoms with Crippen molar-refractivity contribution in [2.75, 3.05) is 5.73 Å². The number of nitrogens with zero attached hydrogens (tertiary/aromatic N) is 3. The molecular formula is C25H24FN5O. The molecule has 0 bridgehead atoms. The highest BCUT2D eigenvalue weighted by Crippen LogP contribution is 2.46. The van der Waals surface area contributed by atoms with Crippen molar-refractivity contribution >= 4 is 22.2 Å². The minimum absolute atomic E-state index is 0.172. The highest BCUT2D eigenvalue weighted by Gasteiger charge is 2.34. The molecule has 0 radical (unpaired) electrons. The van der Waals surface area contributed by atoms with Gasteiger partial charge in [0.05, 0.1) is 16.9 Å². The molecule has 2 aliphatic rings. The molecule has 0 aliphatic heterocycles. The Morgan fingerprint density at radius 1 is 1.25 bits per heavy atom. The molecule has 4 N–H and O–H groups in total. The van der Waals surface area contributed by atoms with Crippen molar-refractivity contribution < 1.29 is 9.13 Å². The molecule has 2 heterocycles. The Balaban J connectivity index is 1.65. The van der Waals surface area contributed by atoms with Gasteiger partial charge in [0.1, 0.15) is 17.4 Å². The number of halogens is 1. The van der Waals surface area contributed by atoms with Crippen LogP contribution < -0.4 is 16.2 Å². The predicted molar refractivity (Wildman–Crippen MR) is 123 cm³/mol. The minimum atomic E-state index is -1.61. The molecule has 32 heavy (non-hydrogen) atoms. The second-order valence-corrected chi connectivity index (χ2v) is 8.65. The lowest BCUT2D eigenvalue weighted by molar-refractivity contribution is 0.241. The maximum Gasteiger partial charge on any atom is 0.237 e. The molecule has 1 atom stereocenters. The number of pyridine rings is 1. The number of nitrogens with two attached hydrogens (primary N) is 2. The Morgan fingerprint density at radius 2 is 2.06 bits per heavy atom. The highest BCUT2D eigenvalue weighted by molar-refractivity contribution is 6.00. The van der Waals surface area contributed by atoms with Crippen molar-refractivity contribution in [2.45, 2.75) is 44.3 Å². The summed E-state index contributed by atoms with van der Waals surface area (Å²) in [6, 6.07) is 11.4. The lowest BCUT2D eigenvalue weighted by atomic mass is 9.87. The van der Waals surface area contributed by atoms with Crippen molar-refractivity contribution in [3.05, 3.63) is 65.6 Å². The second-order valence-electron chi connectivity index (χ2n) is 8.65. The number of aromatic nitrogens is 2. The molecule has 1 aromatic carbocycles. The van der Waals surface area contributed by atoms with Gasteiger partial charge in [-0.05, 0) is 62.1 Å². The zero-order valence-electron chi connectivity index (χ0n) is 17.8. The summed E-state index contributed by atoms with van der Waals surface area (Å²) in [5, 5.41) is 10.2. The Bertz CT molecular complexity index is 1320. The van der Waals surface area contributed by atoms with Gasteiger partial charge in [-0.1, -0.05) is 6.08 Å². The maximum atomic E-state index is 15.1. The number of hydrogen-bond acceptors (Lipinski definition) is 5. The normalized spacial score (nSPS) is 20.9. The van der Waals surface area contributed by atoms with E-state index in [-0.39, 0.29) is 18.0 Å². The molecule has 0 saturated heterocycles. The summed E-state index contributed by atoms with van der Waals surface area (Å²) in [5.74, 6) is 0.822. The summed E-state index contributed by atoms with van der Waals surface area (Å²) in [6.45, 7) is 1.50. The van der Waals surface area contributed by atoms with E-state index in [0.29, 0.717) is 23.0 Å². The van der Waals surface area contributed by atoms with Crippen molar-refractivity contribution in [3.8, 4) is 17.7 Å². The number of rotatable bonds is 4. The van der Waals surface area contributed by atoms with Crippen LogP contribution in [0.15, 0.2) is 54.4 Å². The smallest absolute Gasteiger partial charge is 0.237 e. The fourth-order valence-corrected chi connectivity index (χ4v) is 4.45. The maximum absolute atomic E-state index is 15.1. The number of nitriles is 1. The van der Waals surface area contributed by atoms with Gasteiger partial charge in [-0.15, -0.1) is 0 Å². The zero-order chi connectivity index (χ0) is 22.5. The molecule has 1 fully saturated rings. The van der Waals surface area contributed by atoms with Crippen molar-refractivity contribution in [2.24, 2.45) is 5.73 Å². The monoisotopic (exact) mass is 429 g/mol. The Labute approximate surface area is 185 Å². The largest absolute Gasteiger partial charge is 0.438 e. The van der Waals surface area contributed by atoms with Gasteiger partial charge in [-0.3, -0.25) is 0 Å². The first-order valence-electron chi connectivity index (χ1n) is 10.7. The van der Waals surface area contributed by atoms with Crippen LogP contribution in [0.2, 0.25) is 0 Å². The van der Waals surface area contributed by atoms with Crippen LogP contribution in [-0.2, 0) is 0 Å². The number of hydrogen-bond donors (Lipinski definition) is 2. The van der Waals surface area contributed by atoms with E-state index in [9.17, 15) is 5.26 Å². The predicted octanol–water partition coefficient (Wildman–Crippen LogP) is 5.37. The molecule has 0 spiro atoms. The van der Waals surface area contributed by atoms with Crippen molar-refractivity contribution in [3.63, 3.8) is 0 Å². The van der Waals surface area contributed by atoms with Gasteiger partial charge in [0, 0.05) is 35.8 Å². The van der Waals surface area contributed by atoms with Gasteiger partial charge in [-0.25, -0.2) is 9.37 Å². The van der Waals surface area contributed by atoms with E-state index in [4.69, 9.17) is 16.2 Å². The van der Waals surface area contributed by atoms with Crippen LogP contribution in [0.1, 0.15) is 49.9 Å². The number of anilines is 1. The van der Waals surface area contributed by atoms with Crippen LogP contribution in [0.5, 0.6) is 11.6 Å². The lowest BCUT2D eigenvalue weighted by Crippen LogP contribution is -2.30. The molecule has 1 unspecified atom stereocenters. The molecular weight excluding hydrogens is 405 g/mol. The van der Waals surface area contributed by atoms with Gasteiger partial charge >= 0.3 is 0 Å². The molecule has 2 aromatic heterocycles. The SMILES string of the molecule is CC1(F)CC(c2c(N)c3ccc(Oc4ncccc4C#N)cc3n2C2CCC2)=CC=C1N. The first-order chi connectivity index (χ1) is 15.4. The van der Waals surface area contributed by atoms with Gasteiger partial charge in [0.15, 0.2) is 5.67 Å². The zero-order valence-corrected chi connectivity index (χ0v) is 17.8. The first-order valence-corrected chi connectivity index (χ1v) is 10.7. The van der Waals surface area contributed by atoms with E-state index in [1.165, 1.54) is 6.92 Å². The van der Waals surface area contributed by atoms with Crippen molar-refractivity contribution in [1.29, 1.82) is 5.26 Å². The standard InChI is InChI=1S/C25H24FN5O/c1-25(26)13-15(7-10-21(25)28)23-22(29)19-9-8-18(12-20(19)31(23)17-5-2-6-17)32-24-16(14-27)4-3-11-30-24/h3-4,7-12,17H,2,5-6,13,28-29H2,1H3. The quantitative estimate of drug-likeness (QED) is 0.581. The number of allylic oxidation sites excluding steroid dienone is 4. The first kappa shape index (κ1) is 20.1. The molecule has 5 rings (SSSR count). The topological polar surface area (TPSA) is 103 Å². The number of fused-ring (bicyclic) bond motifs is 1. The number of benzene rings is 1. The van der Waals surface area contributed by atoms with Crippen LogP contribution in [0.3, 0.4) is 0 Å². The van der Waals surface area contributed by atoms with Gasteiger partial charge in [0.25, 0.3) is 0 Å². The van der Waals surface area contributed by atoms with Crippen LogP contribution >= 0.6 is 0 Å². The minimum Gasteiger partial charge on any atom is -0.438 e. The highest BCUT2D eigenvalue weighted by atomic mass is 19.1. The molecule has 0 amide bonds. The van der Waals surface area contributed by atoms with Crippen LogP contribution in [0, 0.1) is 11.3 Å². The summed E-state index contributed by atoms with van der Waals surface area (Å²) in [7, 11) is 0. The van der Waals surface area contributed by atoms with E-state index < -0.39 is 5.67 Å². The summed E-state index contributed by atoms with van der Waals surface area (Å²) < 4.78 is 23.2.